The summed E-state index contributed by atoms with van der Waals surface area (Å²) in [5.74, 6) is -0.923. The summed E-state index contributed by atoms with van der Waals surface area (Å²) < 4.78 is 11.3. The van der Waals surface area contributed by atoms with Crippen molar-refractivity contribution in [3.63, 3.8) is 0 Å². The molecule has 0 radical (unpaired) electrons. The molecule has 2 saturated heterocycles. The van der Waals surface area contributed by atoms with Crippen LogP contribution in [0.3, 0.4) is 0 Å². The van der Waals surface area contributed by atoms with Gasteiger partial charge in [-0.1, -0.05) is 6.07 Å². The Hall–Kier alpha value is -3.19. The van der Waals surface area contributed by atoms with Crippen molar-refractivity contribution in [3.05, 3.63) is 65.5 Å². The molecule has 2 unspecified atom stereocenters. The molecule has 0 aliphatic carbocycles. The number of benzene rings is 1. The Labute approximate surface area is 181 Å². The molecule has 3 heterocycles. The summed E-state index contributed by atoms with van der Waals surface area (Å²) in [7, 11) is 0. The van der Waals surface area contributed by atoms with Gasteiger partial charge in [-0.25, -0.2) is 0 Å². The lowest BCUT2D eigenvalue weighted by atomic mass is 9.98. The lowest BCUT2D eigenvalue weighted by Crippen LogP contribution is -2.36. The number of pyridine rings is 1. The molecule has 0 saturated carbocycles. The lowest BCUT2D eigenvalue weighted by Gasteiger charge is -2.26. The molecule has 0 spiro atoms. The van der Waals surface area contributed by atoms with E-state index < -0.39 is 17.7 Å². The maximum atomic E-state index is 13.0. The van der Waals surface area contributed by atoms with Gasteiger partial charge in [-0.15, -0.1) is 0 Å². The quantitative estimate of drug-likeness (QED) is 0.436. The van der Waals surface area contributed by atoms with Gasteiger partial charge in [0.2, 0.25) is 0 Å². The third kappa shape index (κ3) is 4.32. The van der Waals surface area contributed by atoms with Gasteiger partial charge in [0.25, 0.3) is 11.7 Å². The highest BCUT2D eigenvalue weighted by Crippen LogP contribution is 2.39. The zero-order chi connectivity index (χ0) is 22.0. The van der Waals surface area contributed by atoms with Gasteiger partial charge in [-0.05, 0) is 63.1 Å². The molecule has 31 heavy (non-hydrogen) atoms. The number of hydrogen-bond donors (Lipinski definition) is 1. The fraction of sp³-hybridized carbons (Fsp3) is 0.375. The number of aliphatic hydroxyl groups excluding tert-OH is 1. The van der Waals surface area contributed by atoms with E-state index in [1.807, 2.05) is 13.8 Å². The average Bonchev–Trinajstić information content (AvgIpc) is 3.36. The van der Waals surface area contributed by atoms with Crippen molar-refractivity contribution in [2.24, 2.45) is 0 Å². The smallest absolute Gasteiger partial charge is 0.295 e. The van der Waals surface area contributed by atoms with Crippen molar-refractivity contribution in [1.29, 1.82) is 0 Å². The molecular weight excluding hydrogens is 396 g/mol. The number of likely N-dealkylation sites (tertiary alicyclic amines) is 1. The number of ether oxygens (including phenoxy) is 2. The van der Waals surface area contributed by atoms with Crippen LogP contribution in [0.4, 0.5) is 0 Å². The van der Waals surface area contributed by atoms with Gasteiger partial charge >= 0.3 is 0 Å². The molecule has 0 bridgehead atoms. The molecule has 1 aromatic carbocycles. The largest absolute Gasteiger partial charge is 0.507 e. The van der Waals surface area contributed by atoms with Gasteiger partial charge in [0.05, 0.1) is 23.5 Å². The molecule has 7 nitrogen and oxygen atoms in total. The van der Waals surface area contributed by atoms with Gasteiger partial charge in [-0.2, -0.15) is 0 Å². The molecular formula is C24H26N2O5. The number of carbonyl (C=O) groups is 2. The second-order valence-corrected chi connectivity index (χ2v) is 8.03. The van der Waals surface area contributed by atoms with E-state index in [0.29, 0.717) is 23.6 Å². The normalized spacial score (nSPS) is 23.0. The van der Waals surface area contributed by atoms with Crippen molar-refractivity contribution < 1.29 is 24.2 Å². The molecule has 2 atom stereocenters. The summed E-state index contributed by atoms with van der Waals surface area (Å²) in [5.41, 5.74) is 1.01. The number of ketones is 1. The van der Waals surface area contributed by atoms with Gasteiger partial charge in [0.1, 0.15) is 17.6 Å². The first-order valence-corrected chi connectivity index (χ1v) is 10.5. The molecule has 1 aromatic heterocycles. The molecule has 2 aliphatic rings. The monoisotopic (exact) mass is 422 g/mol. The van der Waals surface area contributed by atoms with E-state index in [1.165, 1.54) is 4.90 Å². The first-order valence-electron chi connectivity index (χ1n) is 10.5. The topological polar surface area (TPSA) is 89.0 Å². The summed E-state index contributed by atoms with van der Waals surface area (Å²) in [5, 5.41) is 11.1. The number of hydrogen-bond acceptors (Lipinski definition) is 6. The van der Waals surface area contributed by atoms with Crippen LogP contribution in [0.25, 0.3) is 5.76 Å². The first-order chi connectivity index (χ1) is 15.0. The van der Waals surface area contributed by atoms with Crippen LogP contribution in [0.2, 0.25) is 0 Å². The van der Waals surface area contributed by atoms with E-state index in [-0.39, 0.29) is 30.1 Å². The minimum Gasteiger partial charge on any atom is -0.507 e. The Morgan fingerprint density at radius 2 is 2.00 bits per heavy atom. The minimum absolute atomic E-state index is 0.0201. The van der Waals surface area contributed by atoms with Crippen molar-refractivity contribution in [2.45, 2.75) is 44.9 Å². The molecule has 1 N–H and O–H groups in total. The van der Waals surface area contributed by atoms with Crippen molar-refractivity contribution in [3.8, 4) is 5.75 Å². The Morgan fingerprint density at radius 3 is 2.61 bits per heavy atom. The summed E-state index contributed by atoms with van der Waals surface area (Å²) in [6.45, 7) is 4.78. The van der Waals surface area contributed by atoms with Crippen molar-refractivity contribution >= 4 is 17.4 Å². The Bertz CT molecular complexity index is 979. The van der Waals surface area contributed by atoms with E-state index in [1.54, 1.807) is 48.7 Å². The second kappa shape index (κ2) is 8.89. The van der Waals surface area contributed by atoms with E-state index in [4.69, 9.17) is 9.47 Å². The average molecular weight is 422 g/mol. The third-order valence-electron chi connectivity index (χ3n) is 5.43. The summed E-state index contributed by atoms with van der Waals surface area (Å²) in [6, 6.07) is 11.4. The van der Waals surface area contributed by atoms with E-state index in [9.17, 15) is 14.7 Å². The number of aromatic nitrogens is 1. The molecule has 4 rings (SSSR count). The molecule has 2 aromatic rings. The number of aliphatic hydroxyl groups is 1. The van der Waals surface area contributed by atoms with E-state index in [0.717, 1.165) is 12.8 Å². The van der Waals surface area contributed by atoms with Crippen LogP contribution in [0.1, 0.15) is 44.0 Å². The Balaban J connectivity index is 1.74. The highest BCUT2D eigenvalue weighted by atomic mass is 16.5. The second-order valence-electron chi connectivity index (χ2n) is 8.03. The Morgan fingerprint density at radius 1 is 1.23 bits per heavy atom. The first kappa shape index (κ1) is 21.1. The fourth-order valence-electron chi connectivity index (χ4n) is 4.04. The van der Waals surface area contributed by atoms with Crippen LogP contribution >= 0.6 is 0 Å². The third-order valence-corrected chi connectivity index (χ3v) is 5.43. The summed E-state index contributed by atoms with van der Waals surface area (Å²) in [4.78, 5) is 31.8. The fourth-order valence-corrected chi connectivity index (χ4v) is 4.04. The number of nitrogens with zero attached hydrogens (tertiary/aromatic N) is 2. The predicted octanol–water partition coefficient (Wildman–Crippen LogP) is 3.47. The van der Waals surface area contributed by atoms with Crippen LogP contribution in [0, 0.1) is 0 Å². The number of rotatable bonds is 6. The molecule has 1 amide bonds. The minimum atomic E-state index is -0.767. The number of Topliss-reactive ketones (excluding diaryl/α,β-unsaturated/α-hetero) is 1. The molecule has 2 fully saturated rings. The maximum absolute atomic E-state index is 13.0. The summed E-state index contributed by atoms with van der Waals surface area (Å²) in [6.07, 6.45) is 3.26. The predicted molar refractivity (Wildman–Crippen MR) is 114 cm³/mol. The van der Waals surface area contributed by atoms with Gasteiger partial charge in [-0.3, -0.25) is 14.6 Å². The molecule has 162 valence electrons. The van der Waals surface area contributed by atoms with Crippen molar-refractivity contribution in [2.75, 3.05) is 13.2 Å². The zero-order valence-corrected chi connectivity index (χ0v) is 17.7. The number of amides is 1. The standard InChI is InChI=1S/C24H26N2O5/c1-15(2)31-17-10-8-16(9-11-17)22(27)20-21(19-7-3-4-12-25-19)26(24(29)23(20)28)14-18-6-5-13-30-18/h3-4,7-12,15,18,21,27H,5-6,13-14H2,1-2H3/b22-20-. The molecule has 7 heteroatoms. The van der Waals surface area contributed by atoms with Gasteiger partial charge < -0.3 is 19.5 Å². The van der Waals surface area contributed by atoms with Crippen LogP contribution in [0.15, 0.2) is 54.2 Å². The van der Waals surface area contributed by atoms with Crippen LogP contribution < -0.4 is 4.74 Å². The van der Waals surface area contributed by atoms with Crippen LogP contribution in [-0.2, 0) is 14.3 Å². The lowest BCUT2D eigenvalue weighted by molar-refractivity contribution is -0.140. The molecule has 2 aliphatic heterocycles. The highest BCUT2D eigenvalue weighted by molar-refractivity contribution is 6.46. The maximum Gasteiger partial charge on any atom is 0.295 e. The van der Waals surface area contributed by atoms with Crippen molar-refractivity contribution in [1.82, 2.24) is 9.88 Å². The highest BCUT2D eigenvalue weighted by Gasteiger charge is 2.47. The Kier molecular flexibility index (Phi) is 6.04. The van der Waals surface area contributed by atoms with Gasteiger partial charge in [0, 0.05) is 24.9 Å². The van der Waals surface area contributed by atoms with E-state index in [2.05, 4.69) is 4.98 Å². The van der Waals surface area contributed by atoms with Crippen LogP contribution in [-0.4, -0.2) is 52.0 Å². The SMILES string of the molecule is CC(C)Oc1ccc(/C(O)=C2/C(=O)C(=O)N(CC3CCCO3)C2c2ccccn2)cc1. The number of carbonyl (C=O) groups excluding carboxylic acids is 2. The van der Waals surface area contributed by atoms with Crippen LogP contribution in [0.5, 0.6) is 5.75 Å². The summed E-state index contributed by atoms with van der Waals surface area (Å²) >= 11 is 0. The zero-order valence-electron chi connectivity index (χ0n) is 17.7. The van der Waals surface area contributed by atoms with Gasteiger partial charge in [0.15, 0.2) is 0 Å². The van der Waals surface area contributed by atoms with E-state index >= 15 is 0 Å².